The number of aromatic nitrogens is 1. The molecule has 0 saturated carbocycles. The van der Waals surface area contributed by atoms with Crippen LogP contribution in [0.15, 0.2) is 12.1 Å². The zero-order valence-corrected chi connectivity index (χ0v) is 11.6. The van der Waals surface area contributed by atoms with Gasteiger partial charge in [0, 0.05) is 19.2 Å². The van der Waals surface area contributed by atoms with E-state index in [1.807, 2.05) is 4.90 Å². The van der Waals surface area contributed by atoms with Crippen molar-refractivity contribution in [3.63, 3.8) is 0 Å². The third-order valence-electron chi connectivity index (χ3n) is 2.94. The number of hydrogen-bond donors (Lipinski definition) is 1. The Labute approximate surface area is 113 Å². The molecule has 1 aromatic rings. The summed E-state index contributed by atoms with van der Waals surface area (Å²) in [4.78, 5) is 16.8. The first kappa shape index (κ1) is 15.2. The van der Waals surface area contributed by atoms with Gasteiger partial charge in [0.25, 0.3) is 0 Å². The summed E-state index contributed by atoms with van der Waals surface area (Å²) in [5, 5.41) is 11.1. The van der Waals surface area contributed by atoms with Gasteiger partial charge in [-0.05, 0) is 18.9 Å². The molecule has 0 amide bonds. The second-order valence-electron chi connectivity index (χ2n) is 4.53. The Balaban J connectivity index is 3.03. The molecule has 0 fully saturated rings. The number of pyridine rings is 1. The molecule has 1 heterocycles. The lowest BCUT2D eigenvalue weighted by Crippen LogP contribution is -2.27. The van der Waals surface area contributed by atoms with Crippen molar-refractivity contribution in [3.8, 4) is 0 Å². The lowest BCUT2D eigenvalue weighted by molar-refractivity contribution is -0.384. The van der Waals surface area contributed by atoms with Gasteiger partial charge in [-0.2, -0.15) is 0 Å². The molecule has 0 radical (unpaired) electrons. The standard InChI is InChI=1S/C13H22N4O2/c1-3-5-9-16(10-6-4-2)13-11(17(18)19)7-8-12(14)15-13/h7-8H,3-6,9-10H2,1-2H3,(H2,14,15). The van der Waals surface area contributed by atoms with Crippen LogP contribution in [0.1, 0.15) is 39.5 Å². The first-order valence-corrected chi connectivity index (χ1v) is 6.76. The molecule has 106 valence electrons. The Hall–Kier alpha value is -1.85. The van der Waals surface area contributed by atoms with Gasteiger partial charge in [-0.25, -0.2) is 4.98 Å². The minimum atomic E-state index is -0.396. The van der Waals surface area contributed by atoms with Gasteiger partial charge < -0.3 is 10.6 Å². The number of nitrogen functional groups attached to an aromatic ring is 1. The van der Waals surface area contributed by atoms with E-state index < -0.39 is 4.92 Å². The van der Waals surface area contributed by atoms with Crippen molar-refractivity contribution in [1.29, 1.82) is 0 Å². The molecule has 19 heavy (non-hydrogen) atoms. The Morgan fingerprint density at radius 3 is 2.32 bits per heavy atom. The summed E-state index contributed by atoms with van der Waals surface area (Å²) in [5.41, 5.74) is 5.69. The van der Waals surface area contributed by atoms with Crippen molar-refractivity contribution in [3.05, 3.63) is 22.2 Å². The smallest absolute Gasteiger partial charge is 0.311 e. The Morgan fingerprint density at radius 2 is 1.84 bits per heavy atom. The van der Waals surface area contributed by atoms with Gasteiger partial charge in [0.2, 0.25) is 5.82 Å². The number of unbranched alkanes of at least 4 members (excludes halogenated alkanes) is 2. The predicted octanol–water partition coefficient (Wildman–Crippen LogP) is 2.98. The van der Waals surface area contributed by atoms with Crippen LogP contribution in [0.25, 0.3) is 0 Å². The zero-order valence-electron chi connectivity index (χ0n) is 11.6. The fraction of sp³-hybridized carbons (Fsp3) is 0.615. The Morgan fingerprint density at radius 1 is 1.26 bits per heavy atom. The minimum absolute atomic E-state index is 0.0291. The summed E-state index contributed by atoms with van der Waals surface area (Å²) >= 11 is 0. The molecule has 6 nitrogen and oxygen atoms in total. The summed E-state index contributed by atoms with van der Waals surface area (Å²) in [6, 6.07) is 2.90. The van der Waals surface area contributed by atoms with Crippen LogP contribution >= 0.6 is 0 Å². The third kappa shape index (κ3) is 4.39. The summed E-state index contributed by atoms with van der Waals surface area (Å²) in [7, 11) is 0. The van der Waals surface area contributed by atoms with Crippen LogP contribution in [0.3, 0.4) is 0 Å². The first-order chi connectivity index (χ1) is 9.10. The second-order valence-corrected chi connectivity index (χ2v) is 4.53. The van der Waals surface area contributed by atoms with E-state index in [0.29, 0.717) is 11.6 Å². The molecule has 1 rings (SSSR count). The van der Waals surface area contributed by atoms with Crippen LogP contribution in [0.2, 0.25) is 0 Å². The van der Waals surface area contributed by atoms with Gasteiger partial charge in [0.05, 0.1) is 4.92 Å². The maximum Gasteiger partial charge on any atom is 0.311 e. The first-order valence-electron chi connectivity index (χ1n) is 6.76. The van der Waals surface area contributed by atoms with E-state index in [1.54, 1.807) is 0 Å². The van der Waals surface area contributed by atoms with Crippen LogP contribution in [0.4, 0.5) is 17.3 Å². The average molecular weight is 266 g/mol. The van der Waals surface area contributed by atoms with Crippen LogP contribution in [0, 0.1) is 10.1 Å². The van der Waals surface area contributed by atoms with Crippen molar-refractivity contribution in [2.75, 3.05) is 23.7 Å². The van der Waals surface area contributed by atoms with Gasteiger partial charge in [-0.15, -0.1) is 0 Å². The van der Waals surface area contributed by atoms with E-state index in [1.165, 1.54) is 12.1 Å². The van der Waals surface area contributed by atoms with E-state index in [0.717, 1.165) is 38.8 Å². The Bertz CT molecular complexity index is 415. The highest BCUT2D eigenvalue weighted by molar-refractivity contribution is 5.60. The molecule has 0 aliphatic carbocycles. The molecule has 0 aromatic carbocycles. The van der Waals surface area contributed by atoms with E-state index >= 15 is 0 Å². The molecule has 6 heteroatoms. The fourth-order valence-corrected chi connectivity index (χ4v) is 1.85. The van der Waals surface area contributed by atoms with Gasteiger partial charge in [-0.1, -0.05) is 26.7 Å². The highest BCUT2D eigenvalue weighted by Gasteiger charge is 2.20. The number of anilines is 2. The second kappa shape index (κ2) is 7.56. The van der Waals surface area contributed by atoms with Crippen LogP contribution < -0.4 is 10.6 Å². The topological polar surface area (TPSA) is 85.3 Å². The van der Waals surface area contributed by atoms with Crippen LogP contribution in [0.5, 0.6) is 0 Å². The third-order valence-corrected chi connectivity index (χ3v) is 2.94. The molecule has 0 unspecified atom stereocenters. The molecule has 0 saturated heterocycles. The van der Waals surface area contributed by atoms with E-state index in [4.69, 9.17) is 5.73 Å². The quantitative estimate of drug-likeness (QED) is 0.577. The number of nitrogens with two attached hydrogens (primary N) is 1. The van der Waals surface area contributed by atoms with Gasteiger partial charge >= 0.3 is 5.69 Å². The van der Waals surface area contributed by atoms with E-state index in [2.05, 4.69) is 18.8 Å². The summed E-state index contributed by atoms with van der Waals surface area (Å²) in [5.74, 6) is 0.713. The lowest BCUT2D eigenvalue weighted by Gasteiger charge is -2.23. The summed E-state index contributed by atoms with van der Waals surface area (Å²) in [6.45, 7) is 5.74. The number of hydrogen-bond acceptors (Lipinski definition) is 5. The molecule has 0 aliphatic heterocycles. The predicted molar refractivity (Wildman–Crippen MR) is 77.3 cm³/mol. The maximum absolute atomic E-state index is 11.1. The van der Waals surface area contributed by atoms with E-state index in [-0.39, 0.29) is 5.69 Å². The summed E-state index contributed by atoms with van der Waals surface area (Å²) < 4.78 is 0. The van der Waals surface area contributed by atoms with Crippen molar-refractivity contribution >= 4 is 17.3 Å². The molecular formula is C13H22N4O2. The maximum atomic E-state index is 11.1. The van der Waals surface area contributed by atoms with Gasteiger partial charge in [0.15, 0.2) is 0 Å². The molecule has 0 spiro atoms. The highest BCUT2D eigenvalue weighted by Crippen LogP contribution is 2.27. The normalized spacial score (nSPS) is 10.4. The number of rotatable bonds is 8. The molecule has 0 atom stereocenters. The monoisotopic (exact) mass is 266 g/mol. The Kier molecular flexibility index (Phi) is 6.05. The van der Waals surface area contributed by atoms with Crippen molar-refractivity contribution in [2.45, 2.75) is 39.5 Å². The van der Waals surface area contributed by atoms with Gasteiger partial charge in [0.1, 0.15) is 5.82 Å². The largest absolute Gasteiger partial charge is 0.384 e. The molecule has 0 bridgehead atoms. The van der Waals surface area contributed by atoms with Gasteiger partial charge in [-0.3, -0.25) is 10.1 Å². The highest BCUT2D eigenvalue weighted by atomic mass is 16.6. The number of nitrogens with zero attached hydrogens (tertiary/aromatic N) is 3. The van der Waals surface area contributed by atoms with Crippen molar-refractivity contribution in [2.24, 2.45) is 0 Å². The number of nitro groups is 1. The zero-order chi connectivity index (χ0) is 14.3. The molecule has 1 aromatic heterocycles. The lowest BCUT2D eigenvalue weighted by atomic mass is 10.2. The SMILES string of the molecule is CCCCN(CCCC)c1nc(N)ccc1[N+](=O)[O-]. The van der Waals surface area contributed by atoms with E-state index in [9.17, 15) is 10.1 Å². The van der Waals surface area contributed by atoms with Crippen LogP contribution in [-0.4, -0.2) is 23.0 Å². The van der Waals surface area contributed by atoms with Crippen molar-refractivity contribution in [1.82, 2.24) is 4.98 Å². The summed E-state index contributed by atoms with van der Waals surface area (Å²) in [6.07, 6.45) is 4.05. The molecule has 0 aliphatic rings. The fourth-order valence-electron chi connectivity index (χ4n) is 1.85. The average Bonchev–Trinajstić information content (AvgIpc) is 2.38. The molecular weight excluding hydrogens is 244 g/mol. The molecule has 2 N–H and O–H groups in total. The van der Waals surface area contributed by atoms with Crippen LogP contribution in [-0.2, 0) is 0 Å². The minimum Gasteiger partial charge on any atom is -0.384 e. The van der Waals surface area contributed by atoms with Crippen molar-refractivity contribution < 1.29 is 4.92 Å².